The Balaban J connectivity index is 1.55. The fraction of sp³-hybridized carbons (Fsp3) is 0.333. The van der Waals surface area contributed by atoms with Gasteiger partial charge in [0.25, 0.3) is 6.01 Å². The smallest absolute Gasteiger partial charge is 0.298 e. The molecule has 2 aromatic heterocycles. The molecule has 1 aliphatic heterocycles. The van der Waals surface area contributed by atoms with Crippen LogP contribution in [0.1, 0.15) is 25.0 Å². The Bertz CT molecular complexity index is 1000. The number of anilines is 3. The largest absolute Gasteiger partial charge is 0.423 e. The average molecular weight is 393 g/mol. The van der Waals surface area contributed by atoms with Crippen LogP contribution >= 0.6 is 0 Å². The minimum Gasteiger partial charge on any atom is -0.423 e. The number of aliphatic hydroxyl groups is 1. The SMILES string of the molecule is Cc1ccnc(Nc2cccc(-c3cnc(N4CCCC(=O)C4CCO)o3)c2)n1. The summed E-state index contributed by atoms with van der Waals surface area (Å²) in [7, 11) is 0. The molecule has 0 aliphatic carbocycles. The molecule has 150 valence electrons. The summed E-state index contributed by atoms with van der Waals surface area (Å²) in [4.78, 5) is 27.1. The lowest BCUT2D eigenvalue weighted by molar-refractivity contribution is -0.121. The van der Waals surface area contributed by atoms with E-state index in [-0.39, 0.29) is 18.4 Å². The summed E-state index contributed by atoms with van der Waals surface area (Å²) in [6.45, 7) is 2.55. The molecule has 0 bridgehead atoms. The number of hydrogen-bond donors (Lipinski definition) is 2. The van der Waals surface area contributed by atoms with Gasteiger partial charge in [-0.2, -0.15) is 0 Å². The van der Waals surface area contributed by atoms with Gasteiger partial charge in [-0.05, 0) is 38.0 Å². The molecular formula is C21H23N5O3. The zero-order valence-corrected chi connectivity index (χ0v) is 16.2. The van der Waals surface area contributed by atoms with E-state index < -0.39 is 0 Å². The number of ketones is 1. The van der Waals surface area contributed by atoms with Crippen molar-refractivity contribution < 1.29 is 14.3 Å². The number of benzene rings is 1. The van der Waals surface area contributed by atoms with Gasteiger partial charge < -0.3 is 19.7 Å². The first-order valence-corrected chi connectivity index (χ1v) is 9.67. The summed E-state index contributed by atoms with van der Waals surface area (Å²) < 4.78 is 5.98. The van der Waals surface area contributed by atoms with Crippen LogP contribution in [0.2, 0.25) is 0 Å². The van der Waals surface area contributed by atoms with Crippen LogP contribution < -0.4 is 10.2 Å². The Kier molecular flexibility index (Phi) is 5.53. The summed E-state index contributed by atoms with van der Waals surface area (Å²) in [6, 6.07) is 9.56. The molecule has 1 saturated heterocycles. The van der Waals surface area contributed by atoms with Gasteiger partial charge >= 0.3 is 0 Å². The van der Waals surface area contributed by atoms with E-state index in [0.717, 1.165) is 23.4 Å². The van der Waals surface area contributed by atoms with Gasteiger partial charge in [0.1, 0.15) is 0 Å². The molecule has 1 aromatic carbocycles. The van der Waals surface area contributed by atoms with Crippen molar-refractivity contribution in [2.75, 3.05) is 23.4 Å². The second-order valence-corrected chi connectivity index (χ2v) is 7.03. The third-order valence-electron chi connectivity index (χ3n) is 4.91. The third kappa shape index (κ3) is 4.27. The van der Waals surface area contributed by atoms with E-state index in [1.807, 2.05) is 42.2 Å². The molecule has 1 unspecified atom stereocenters. The van der Waals surface area contributed by atoms with Gasteiger partial charge in [0.15, 0.2) is 11.5 Å². The molecule has 0 radical (unpaired) electrons. The van der Waals surface area contributed by atoms with E-state index in [0.29, 0.717) is 37.1 Å². The van der Waals surface area contributed by atoms with E-state index in [9.17, 15) is 9.90 Å². The van der Waals surface area contributed by atoms with Crippen LogP contribution in [-0.4, -0.2) is 45.0 Å². The summed E-state index contributed by atoms with van der Waals surface area (Å²) in [6.07, 6.45) is 5.04. The number of hydrogen-bond acceptors (Lipinski definition) is 8. The van der Waals surface area contributed by atoms with Crippen molar-refractivity contribution in [1.29, 1.82) is 0 Å². The van der Waals surface area contributed by atoms with E-state index in [4.69, 9.17) is 4.42 Å². The van der Waals surface area contributed by atoms with E-state index >= 15 is 0 Å². The molecule has 4 rings (SSSR count). The standard InChI is InChI=1S/C21H23N5O3/c1-14-7-9-22-20(24-14)25-16-5-2-4-15(12-16)19-13-23-21(29-19)26-10-3-6-18(28)17(26)8-11-27/h2,4-5,7,9,12-13,17,27H,3,6,8,10-11H2,1H3,(H,22,24,25). The van der Waals surface area contributed by atoms with Gasteiger partial charge in [0.2, 0.25) is 5.95 Å². The fourth-order valence-corrected chi connectivity index (χ4v) is 3.51. The van der Waals surface area contributed by atoms with Crippen LogP contribution in [0.5, 0.6) is 0 Å². The number of carbonyl (C=O) groups excluding carboxylic acids is 1. The lowest BCUT2D eigenvalue weighted by Crippen LogP contribution is -2.46. The van der Waals surface area contributed by atoms with Crippen molar-refractivity contribution >= 4 is 23.4 Å². The number of aromatic nitrogens is 3. The molecule has 8 nitrogen and oxygen atoms in total. The predicted octanol–water partition coefficient (Wildman–Crippen LogP) is 3.10. The Hall–Kier alpha value is -3.26. The molecule has 8 heteroatoms. The van der Waals surface area contributed by atoms with Gasteiger partial charge in [0, 0.05) is 42.7 Å². The van der Waals surface area contributed by atoms with Crippen molar-refractivity contribution in [2.24, 2.45) is 0 Å². The topological polar surface area (TPSA) is 104 Å². The molecule has 1 atom stereocenters. The molecule has 3 aromatic rings. The second-order valence-electron chi connectivity index (χ2n) is 7.03. The Morgan fingerprint density at radius 1 is 1.31 bits per heavy atom. The number of piperidine rings is 1. The van der Waals surface area contributed by atoms with Crippen LogP contribution in [0.25, 0.3) is 11.3 Å². The van der Waals surface area contributed by atoms with Crippen LogP contribution in [0.4, 0.5) is 17.7 Å². The quantitative estimate of drug-likeness (QED) is 0.658. The van der Waals surface area contributed by atoms with Crippen molar-refractivity contribution in [3.63, 3.8) is 0 Å². The van der Waals surface area contributed by atoms with Gasteiger partial charge in [0.05, 0.1) is 12.2 Å². The normalized spacial score (nSPS) is 16.8. The molecule has 0 spiro atoms. The molecule has 29 heavy (non-hydrogen) atoms. The van der Waals surface area contributed by atoms with Crippen molar-refractivity contribution in [2.45, 2.75) is 32.2 Å². The number of aliphatic hydroxyl groups excluding tert-OH is 1. The molecule has 0 saturated carbocycles. The van der Waals surface area contributed by atoms with Crippen molar-refractivity contribution in [1.82, 2.24) is 15.0 Å². The molecule has 0 amide bonds. The Morgan fingerprint density at radius 2 is 2.21 bits per heavy atom. The number of nitrogens with one attached hydrogen (secondary N) is 1. The van der Waals surface area contributed by atoms with Crippen molar-refractivity contribution in [3.8, 4) is 11.3 Å². The first kappa shape index (κ1) is 19.1. The molecule has 3 heterocycles. The van der Waals surface area contributed by atoms with Crippen molar-refractivity contribution in [3.05, 3.63) is 48.4 Å². The van der Waals surface area contributed by atoms with Gasteiger partial charge in [-0.25, -0.2) is 15.0 Å². The maximum atomic E-state index is 12.2. The number of carbonyl (C=O) groups is 1. The summed E-state index contributed by atoms with van der Waals surface area (Å²) >= 11 is 0. The van der Waals surface area contributed by atoms with Crippen LogP contribution in [-0.2, 0) is 4.79 Å². The van der Waals surface area contributed by atoms with Gasteiger partial charge in [-0.3, -0.25) is 4.79 Å². The lowest BCUT2D eigenvalue weighted by atomic mass is 9.99. The highest BCUT2D eigenvalue weighted by atomic mass is 16.4. The van der Waals surface area contributed by atoms with Gasteiger partial charge in [-0.1, -0.05) is 12.1 Å². The Labute approximate surface area is 168 Å². The van der Waals surface area contributed by atoms with Crippen LogP contribution in [0.3, 0.4) is 0 Å². The minimum absolute atomic E-state index is 0.0464. The highest BCUT2D eigenvalue weighted by Gasteiger charge is 2.32. The second kappa shape index (κ2) is 8.40. The lowest BCUT2D eigenvalue weighted by Gasteiger charge is -2.32. The van der Waals surface area contributed by atoms with Crippen LogP contribution in [0.15, 0.2) is 47.1 Å². The molecular weight excluding hydrogens is 370 g/mol. The molecule has 1 aliphatic rings. The average Bonchev–Trinajstić information content (AvgIpc) is 3.20. The zero-order valence-electron chi connectivity index (χ0n) is 16.2. The molecule has 1 fully saturated rings. The number of rotatable bonds is 6. The maximum absolute atomic E-state index is 12.2. The monoisotopic (exact) mass is 393 g/mol. The Morgan fingerprint density at radius 3 is 3.03 bits per heavy atom. The highest BCUT2D eigenvalue weighted by molar-refractivity contribution is 5.87. The van der Waals surface area contributed by atoms with E-state index in [1.165, 1.54) is 0 Å². The number of aryl methyl sites for hydroxylation is 1. The third-order valence-corrected chi connectivity index (χ3v) is 4.91. The number of Topliss-reactive ketones (excluding diaryl/α,β-unsaturated/α-hetero) is 1. The summed E-state index contributed by atoms with van der Waals surface area (Å²) in [5.74, 6) is 1.25. The summed E-state index contributed by atoms with van der Waals surface area (Å²) in [5, 5.41) is 12.5. The molecule has 2 N–H and O–H groups in total. The van der Waals surface area contributed by atoms with Crippen LogP contribution in [0, 0.1) is 6.92 Å². The van der Waals surface area contributed by atoms with Gasteiger partial charge in [-0.15, -0.1) is 0 Å². The summed E-state index contributed by atoms with van der Waals surface area (Å²) in [5.41, 5.74) is 2.56. The first-order valence-electron chi connectivity index (χ1n) is 9.67. The predicted molar refractivity (Wildman–Crippen MR) is 109 cm³/mol. The fourth-order valence-electron chi connectivity index (χ4n) is 3.51. The highest BCUT2D eigenvalue weighted by Crippen LogP contribution is 2.30. The number of nitrogens with zero attached hydrogens (tertiary/aromatic N) is 4. The maximum Gasteiger partial charge on any atom is 0.298 e. The van der Waals surface area contributed by atoms with E-state index in [2.05, 4.69) is 20.3 Å². The minimum atomic E-state index is -0.383. The zero-order chi connectivity index (χ0) is 20.2. The first-order chi connectivity index (χ1) is 14.1. The number of oxazole rings is 1. The van der Waals surface area contributed by atoms with E-state index in [1.54, 1.807) is 12.4 Å².